The summed E-state index contributed by atoms with van der Waals surface area (Å²) in [5.74, 6) is 1.67. The smallest absolute Gasteiger partial charge is 0.322 e. The summed E-state index contributed by atoms with van der Waals surface area (Å²) in [5, 5.41) is 0.608. The molecule has 3 aromatic carbocycles. The fraction of sp³-hybridized carbons (Fsp3) is 0.310. The highest BCUT2D eigenvalue weighted by atomic mass is 35.5. The van der Waals surface area contributed by atoms with E-state index in [0.717, 1.165) is 29.5 Å². The van der Waals surface area contributed by atoms with E-state index >= 15 is 0 Å². The molecule has 7 heteroatoms. The van der Waals surface area contributed by atoms with E-state index in [1.165, 1.54) is 5.56 Å². The number of amides is 1. The van der Waals surface area contributed by atoms with Crippen molar-refractivity contribution in [2.75, 3.05) is 6.61 Å². The quantitative estimate of drug-likeness (QED) is 0.232. The van der Waals surface area contributed by atoms with Gasteiger partial charge in [-0.1, -0.05) is 53.5 Å². The molecule has 1 aliphatic heterocycles. The van der Waals surface area contributed by atoms with Crippen molar-refractivity contribution in [3.8, 4) is 5.75 Å². The molecule has 186 valence electrons. The van der Waals surface area contributed by atoms with E-state index in [2.05, 4.69) is 12.1 Å². The molecule has 1 heterocycles. The van der Waals surface area contributed by atoms with Crippen molar-refractivity contribution in [2.24, 2.45) is 4.99 Å². The third kappa shape index (κ3) is 4.09. The Balaban J connectivity index is 1.79. The molecule has 2 atom stereocenters. The maximum atomic E-state index is 13.3. The van der Waals surface area contributed by atoms with Crippen LogP contribution in [0.15, 0.2) is 71.7 Å². The summed E-state index contributed by atoms with van der Waals surface area (Å²) in [6.45, 7) is 6.44. The van der Waals surface area contributed by atoms with Crippen LogP contribution in [0.5, 0.6) is 5.75 Å². The van der Waals surface area contributed by atoms with Crippen molar-refractivity contribution in [3.63, 3.8) is 0 Å². The van der Waals surface area contributed by atoms with Crippen LogP contribution in [0.25, 0.3) is 0 Å². The highest BCUT2D eigenvalue weighted by Gasteiger charge is 2.59. The maximum Gasteiger partial charge on any atom is 0.322 e. The number of rotatable bonds is 6. The largest absolute Gasteiger partial charge is 0.493 e. The molecule has 0 radical (unpaired) electrons. The normalized spacial score (nSPS) is 23.5. The van der Waals surface area contributed by atoms with Gasteiger partial charge in [-0.3, -0.25) is 14.7 Å². The zero-order valence-corrected chi connectivity index (χ0v) is 22.7. The molecular formula is C29H27Cl3N2O2. The number of nitrogens with zero attached hydrogens (tertiary/aromatic N) is 2. The summed E-state index contributed by atoms with van der Waals surface area (Å²) in [7, 11) is 0. The maximum absolute atomic E-state index is 13.3. The van der Waals surface area contributed by atoms with Gasteiger partial charge in [0.15, 0.2) is 0 Å². The van der Waals surface area contributed by atoms with Gasteiger partial charge in [0.05, 0.1) is 12.2 Å². The average molecular weight is 542 g/mol. The predicted molar refractivity (Wildman–Crippen MR) is 147 cm³/mol. The zero-order chi connectivity index (χ0) is 25.7. The van der Waals surface area contributed by atoms with Gasteiger partial charge in [0.2, 0.25) is 0 Å². The third-order valence-corrected chi connectivity index (χ3v) is 8.19. The molecule has 2 unspecified atom stereocenters. The van der Waals surface area contributed by atoms with E-state index in [0.29, 0.717) is 34.2 Å². The fourth-order valence-corrected chi connectivity index (χ4v) is 5.72. The lowest BCUT2D eigenvalue weighted by Gasteiger charge is -2.44. The van der Waals surface area contributed by atoms with Gasteiger partial charge >= 0.3 is 5.37 Å². The molecule has 5 rings (SSSR count). The number of hydrogen-bond donors (Lipinski definition) is 0. The first kappa shape index (κ1) is 25.1. The number of benzene rings is 3. The second kappa shape index (κ2) is 9.41. The molecule has 4 nitrogen and oxygen atoms in total. The van der Waals surface area contributed by atoms with E-state index in [4.69, 9.17) is 44.5 Å². The first-order chi connectivity index (χ1) is 17.2. The molecule has 0 bridgehead atoms. The van der Waals surface area contributed by atoms with Crippen LogP contribution in [-0.4, -0.2) is 22.7 Å². The minimum absolute atomic E-state index is 0.482. The number of ether oxygens (including phenoxy) is 1. The SMILES string of the molecule is CCOc1ccc(C2CC2)cc1C1=NC(C)(c2ccc(Cl)cc2)C(C)(c2ccc(Cl)cc2)N1C(=O)Cl. The number of halogens is 3. The zero-order valence-electron chi connectivity index (χ0n) is 20.4. The Morgan fingerprint density at radius 1 is 0.972 bits per heavy atom. The Morgan fingerprint density at radius 3 is 2.08 bits per heavy atom. The van der Waals surface area contributed by atoms with E-state index in [1.807, 2.05) is 75.4 Å². The summed E-state index contributed by atoms with van der Waals surface area (Å²) >= 11 is 18.9. The summed E-state index contributed by atoms with van der Waals surface area (Å²) in [4.78, 5) is 20.2. The summed E-state index contributed by atoms with van der Waals surface area (Å²) < 4.78 is 6.02. The Kier molecular flexibility index (Phi) is 6.57. The lowest BCUT2D eigenvalue weighted by atomic mass is 9.71. The average Bonchev–Trinajstić information content (AvgIpc) is 3.66. The molecule has 1 aliphatic carbocycles. The van der Waals surface area contributed by atoms with Gasteiger partial charge in [0.25, 0.3) is 0 Å². The standard InChI is InChI=1S/C29H27Cl3N2O2/c1-4-36-25-16-7-19(18-5-6-18)17-24(25)26-33-28(2,20-8-12-22(30)13-9-20)29(3,34(26)27(32)35)21-10-14-23(31)15-11-21/h7-18H,4-6H2,1-3H3. The molecule has 1 fully saturated rings. The number of aliphatic imine (C=N–C) groups is 1. The highest BCUT2D eigenvalue weighted by Crippen LogP contribution is 2.54. The second-order valence-electron chi connectivity index (χ2n) is 9.64. The minimum Gasteiger partial charge on any atom is -0.493 e. The van der Waals surface area contributed by atoms with Crippen molar-refractivity contribution in [1.29, 1.82) is 0 Å². The monoisotopic (exact) mass is 540 g/mol. The Hall–Kier alpha value is -2.53. The molecule has 36 heavy (non-hydrogen) atoms. The lowest BCUT2D eigenvalue weighted by molar-refractivity contribution is 0.149. The van der Waals surface area contributed by atoms with Crippen LogP contribution in [0.4, 0.5) is 4.79 Å². The third-order valence-electron chi connectivity index (χ3n) is 7.52. The molecule has 1 saturated carbocycles. The first-order valence-electron chi connectivity index (χ1n) is 12.1. The minimum atomic E-state index is -0.974. The van der Waals surface area contributed by atoms with E-state index in [-0.39, 0.29) is 0 Å². The van der Waals surface area contributed by atoms with Crippen LogP contribution < -0.4 is 4.74 Å². The summed E-state index contributed by atoms with van der Waals surface area (Å²) in [5.41, 5.74) is 1.86. The topological polar surface area (TPSA) is 41.9 Å². The van der Waals surface area contributed by atoms with Crippen LogP contribution >= 0.6 is 34.8 Å². The summed E-state index contributed by atoms with van der Waals surface area (Å²) in [6, 6.07) is 21.2. The predicted octanol–water partition coefficient (Wildman–Crippen LogP) is 8.52. The van der Waals surface area contributed by atoms with Crippen molar-refractivity contribution < 1.29 is 9.53 Å². The Labute approximate surface area is 226 Å². The Morgan fingerprint density at radius 2 is 1.56 bits per heavy atom. The molecular weight excluding hydrogens is 515 g/mol. The van der Waals surface area contributed by atoms with Gasteiger partial charge in [0.1, 0.15) is 22.7 Å². The van der Waals surface area contributed by atoms with Crippen molar-refractivity contribution in [3.05, 3.63) is 99.0 Å². The molecule has 2 aliphatic rings. The van der Waals surface area contributed by atoms with Gasteiger partial charge in [-0.2, -0.15) is 0 Å². The molecule has 3 aromatic rings. The van der Waals surface area contributed by atoms with Crippen molar-refractivity contribution >= 4 is 46.0 Å². The summed E-state index contributed by atoms with van der Waals surface area (Å²) in [6.07, 6.45) is 2.31. The number of carbonyl (C=O) groups is 1. The van der Waals surface area contributed by atoms with Crippen LogP contribution in [0.1, 0.15) is 61.8 Å². The lowest BCUT2D eigenvalue weighted by Crippen LogP contribution is -2.53. The molecule has 1 amide bonds. The van der Waals surface area contributed by atoms with E-state index < -0.39 is 16.4 Å². The molecule has 0 aromatic heterocycles. The fourth-order valence-electron chi connectivity index (χ4n) is 5.22. The molecule has 0 N–H and O–H groups in total. The van der Waals surface area contributed by atoms with Crippen LogP contribution in [0, 0.1) is 0 Å². The highest BCUT2D eigenvalue weighted by molar-refractivity contribution is 6.64. The second-order valence-corrected chi connectivity index (χ2v) is 10.8. The van der Waals surface area contributed by atoms with Crippen molar-refractivity contribution in [1.82, 2.24) is 4.90 Å². The number of carbonyl (C=O) groups excluding carboxylic acids is 1. The van der Waals surface area contributed by atoms with Gasteiger partial charge < -0.3 is 4.74 Å². The van der Waals surface area contributed by atoms with Crippen LogP contribution in [-0.2, 0) is 11.1 Å². The first-order valence-corrected chi connectivity index (χ1v) is 13.2. The van der Waals surface area contributed by atoms with Crippen LogP contribution in [0.3, 0.4) is 0 Å². The van der Waals surface area contributed by atoms with Gasteiger partial charge in [-0.05, 0) is 104 Å². The number of hydrogen-bond acceptors (Lipinski definition) is 3. The number of amidine groups is 1. The Bertz CT molecular complexity index is 1340. The van der Waals surface area contributed by atoms with E-state index in [9.17, 15) is 4.79 Å². The molecule has 0 spiro atoms. The van der Waals surface area contributed by atoms with Gasteiger partial charge in [-0.15, -0.1) is 0 Å². The van der Waals surface area contributed by atoms with Crippen molar-refractivity contribution in [2.45, 2.75) is 50.6 Å². The van der Waals surface area contributed by atoms with Gasteiger partial charge in [-0.25, -0.2) is 0 Å². The van der Waals surface area contributed by atoms with Gasteiger partial charge in [0, 0.05) is 10.0 Å². The molecule has 0 saturated heterocycles. The van der Waals surface area contributed by atoms with E-state index in [1.54, 1.807) is 4.90 Å². The van der Waals surface area contributed by atoms with Crippen LogP contribution in [0.2, 0.25) is 10.0 Å².